The molecule has 0 unspecified atom stereocenters. The Kier molecular flexibility index (Phi) is 5.17. The summed E-state index contributed by atoms with van der Waals surface area (Å²) in [6.45, 7) is 0.805. The van der Waals surface area contributed by atoms with Crippen molar-refractivity contribution >= 4 is 12.0 Å². The second kappa shape index (κ2) is 6.41. The van der Waals surface area contributed by atoms with E-state index >= 15 is 0 Å². The van der Waals surface area contributed by atoms with Gasteiger partial charge in [0.15, 0.2) is 0 Å². The Morgan fingerprint density at radius 2 is 2.00 bits per heavy atom. The Bertz CT molecular complexity index is 277. The maximum Gasteiger partial charge on any atom is 0.326 e. The highest BCUT2D eigenvalue weighted by molar-refractivity contribution is 5.82. The predicted octanol–water partition coefficient (Wildman–Crippen LogP) is -1.05. The number of amides is 2. The lowest BCUT2D eigenvalue weighted by Gasteiger charge is -2.31. The molecule has 0 aromatic carbocycles. The number of nitrogens with one attached hydrogen (secondary N) is 1. The van der Waals surface area contributed by atoms with Gasteiger partial charge >= 0.3 is 12.0 Å². The highest BCUT2D eigenvalue weighted by atomic mass is 16.4. The highest BCUT2D eigenvalue weighted by Crippen LogP contribution is 2.08. The van der Waals surface area contributed by atoms with E-state index < -0.39 is 18.0 Å². The average Bonchev–Trinajstić information content (AvgIpc) is 2.29. The van der Waals surface area contributed by atoms with Gasteiger partial charge in [0.1, 0.15) is 6.04 Å². The number of piperidine rings is 1. The highest BCUT2D eigenvalue weighted by Gasteiger charge is 2.25. The standard InChI is InChI=1S/C10H19N3O4/c11-7-1-4-13(5-2-7)10(17)12-8(3-6-14)9(15)16/h7-8,14H,1-6,11H2,(H,12,17)(H,15,16)/t8-/m0/s1. The summed E-state index contributed by atoms with van der Waals surface area (Å²) in [4.78, 5) is 24.1. The number of aliphatic carboxylic acids is 1. The molecule has 1 aliphatic rings. The van der Waals surface area contributed by atoms with Crippen molar-refractivity contribution in [3.8, 4) is 0 Å². The van der Waals surface area contributed by atoms with Gasteiger partial charge in [-0.3, -0.25) is 0 Å². The summed E-state index contributed by atoms with van der Waals surface area (Å²) in [6.07, 6.45) is 1.46. The topological polar surface area (TPSA) is 116 Å². The van der Waals surface area contributed by atoms with E-state index in [2.05, 4.69) is 5.32 Å². The molecular weight excluding hydrogens is 226 g/mol. The van der Waals surface area contributed by atoms with Crippen LogP contribution in [0.2, 0.25) is 0 Å². The van der Waals surface area contributed by atoms with Crippen LogP contribution in [0, 0.1) is 0 Å². The molecule has 0 aromatic rings. The number of urea groups is 1. The van der Waals surface area contributed by atoms with E-state index in [1.54, 1.807) is 4.90 Å². The van der Waals surface area contributed by atoms with E-state index in [-0.39, 0.29) is 19.1 Å². The zero-order valence-corrected chi connectivity index (χ0v) is 9.63. The number of carbonyl (C=O) groups is 2. The molecule has 1 saturated heterocycles. The van der Waals surface area contributed by atoms with Gasteiger partial charge in [-0.1, -0.05) is 0 Å². The van der Waals surface area contributed by atoms with Gasteiger partial charge in [-0.05, 0) is 12.8 Å². The van der Waals surface area contributed by atoms with Crippen molar-refractivity contribution in [1.29, 1.82) is 0 Å². The van der Waals surface area contributed by atoms with Crippen molar-refractivity contribution in [1.82, 2.24) is 10.2 Å². The molecule has 2 amide bonds. The third kappa shape index (κ3) is 4.20. The number of hydrogen-bond acceptors (Lipinski definition) is 4. The summed E-state index contributed by atoms with van der Waals surface area (Å²) in [7, 11) is 0. The number of nitrogens with two attached hydrogens (primary N) is 1. The number of nitrogens with zero attached hydrogens (tertiary/aromatic N) is 1. The summed E-state index contributed by atoms with van der Waals surface area (Å²) in [5, 5.41) is 19.9. The molecule has 98 valence electrons. The van der Waals surface area contributed by atoms with Crippen LogP contribution in [0.15, 0.2) is 0 Å². The normalized spacial score (nSPS) is 18.8. The van der Waals surface area contributed by atoms with Crippen LogP contribution < -0.4 is 11.1 Å². The Balaban J connectivity index is 2.44. The summed E-state index contributed by atoms with van der Waals surface area (Å²) in [5.74, 6) is -1.14. The molecule has 1 atom stereocenters. The molecule has 0 aromatic heterocycles. The Morgan fingerprint density at radius 3 is 2.47 bits per heavy atom. The van der Waals surface area contributed by atoms with Crippen molar-refractivity contribution in [3.05, 3.63) is 0 Å². The van der Waals surface area contributed by atoms with Gasteiger partial charge in [-0.15, -0.1) is 0 Å². The van der Waals surface area contributed by atoms with E-state index in [4.69, 9.17) is 15.9 Å². The van der Waals surface area contributed by atoms with Crippen LogP contribution in [-0.4, -0.2) is 58.9 Å². The van der Waals surface area contributed by atoms with Crippen LogP contribution in [0.5, 0.6) is 0 Å². The number of rotatable bonds is 4. The van der Waals surface area contributed by atoms with Crippen molar-refractivity contribution in [2.24, 2.45) is 5.73 Å². The molecule has 1 aliphatic heterocycles. The molecule has 7 heteroatoms. The number of hydrogen-bond donors (Lipinski definition) is 4. The SMILES string of the molecule is NC1CCN(C(=O)N[C@@H](CCO)C(=O)O)CC1. The van der Waals surface area contributed by atoms with Gasteiger partial charge in [0.05, 0.1) is 0 Å². The van der Waals surface area contributed by atoms with E-state index in [9.17, 15) is 9.59 Å². The average molecular weight is 245 g/mol. The van der Waals surface area contributed by atoms with Crippen molar-refractivity contribution in [2.45, 2.75) is 31.3 Å². The number of aliphatic hydroxyl groups is 1. The third-order valence-corrected chi connectivity index (χ3v) is 2.84. The molecule has 5 N–H and O–H groups in total. The molecule has 0 spiro atoms. The smallest absolute Gasteiger partial charge is 0.326 e. The van der Waals surface area contributed by atoms with Crippen LogP contribution in [0.3, 0.4) is 0 Å². The third-order valence-electron chi connectivity index (χ3n) is 2.84. The van der Waals surface area contributed by atoms with Crippen LogP contribution in [-0.2, 0) is 4.79 Å². The van der Waals surface area contributed by atoms with E-state index in [0.717, 1.165) is 12.8 Å². The quantitative estimate of drug-likeness (QED) is 0.504. The maximum absolute atomic E-state index is 11.7. The minimum absolute atomic E-state index is 0.00836. The fourth-order valence-electron chi connectivity index (χ4n) is 1.73. The zero-order valence-electron chi connectivity index (χ0n) is 9.63. The van der Waals surface area contributed by atoms with Crippen LogP contribution in [0.25, 0.3) is 0 Å². The Hall–Kier alpha value is -1.34. The number of aliphatic hydroxyl groups excluding tert-OH is 1. The minimum atomic E-state index is -1.14. The van der Waals surface area contributed by atoms with Gasteiger partial charge in [0, 0.05) is 32.2 Å². The van der Waals surface area contributed by atoms with Gasteiger partial charge in [-0.25, -0.2) is 9.59 Å². The maximum atomic E-state index is 11.7. The van der Waals surface area contributed by atoms with Gasteiger partial charge < -0.3 is 26.2 Å². The summed E-state index contributed by atoms with van der Waals surface area (Å²) in [5.41, 5.74) is 5.71. The minimum Gasteiger partial charge on any atom is -0.480 e. The van der Waals surface area contributed by atoms with Gasteiger partial charge in [0.2, 0.25) is 0 Å². The van der Waals surface area contributed by atoms with Crippen molar-refractivity contribution < 1.29 is 19.8 Å². The first-order valence-corrected chi connectivity index (χ1v) is 5.69. The van der Waals surface area contributed by atoms with Crippen molar-refractivity contribution in [2.75, 3.05) is 19.7 Å². The molecule has 0 radical (unpaired) electrons. The fraction of sp³-hybridized carbons (Fsp3) is 0.800. The number of likely N-dealkylation sites (tertiary alicyclic amines) is 1. The van der Waals surface area contributed by atoms with E-state index in [1.807, 2.05) is 0 Å². The largest absolute Gasteiger partial charge is 0.480 e. The van der Waals surface area contributed by atoms with Crippen LogP contribution in [0.1, 0.15) is 19.3 Å². The zero-order chi connectivity index (χ0) is 12.8. The molecule has 0 saturated carbocycles. The fourth-order valence-corrected chi connectivity index (χ4v) is 1.73. The van der Waals surface area contributed by atoms with Crippen molar-refractivity contribution in [3.63, 3.8) is 0 Å². The first-order valence-electron chi connectivity index (χ1n) is 5.69. The van der Waals surface area contributed by atoms with E-state index in [1.165, 1.54) is 0 Å². The number of carbonyl (C=O) groups excluding carboxylic acids is 1. The summed E-state index contributed by atoms with van der Waals surface area (Å²) in [6, 6.07) is -1.33. The van der Waals surface area contributed by atoms with Gasteiger partial charge in [0.25, 0.3) is 0 Å². The predicted molar refractivity (Wildman–Crippen MR) is 60.4 cm³/mol. The molecule has 1 rings (SSSR count). The van der Waals surface area contributed by atoms with Crippen LogP contribution in [0.4, 0.5) is 4.79 Å². The monoisotopic (exact) mass is 245 g/mol. The molecular formula is C10H19N3O4. The first-order chi connectivity index (χ1) is 8.04. The lowest BCUT2D eigenvalue weighted by molar-refractivity contribution is -0.139. The Morgan fingerprint density at radius 1 is 1.41 bits per heavy atom. The lowest BCUT2D eigenvalue weighted by Crippen LogP contribution is -2.51. The second-order valence-electron chi connectivity index (χ2n) is 4.18. The molecule has 1 heterocycles. The molecule has 0 aliphatic carbocycles. The lowest BCUT2D eigenvalue weighted by atomic mass is 10.1. The van der Waals surface area contributed by atoms with Gasteiger partial charge in [-0.2, -0.15) is 0 Å². The first kappa shape index (κ1) is 13.7. The molecule has 0 bridgehead atoms. The van der Waals surface area contributed by atoms with E-state index in [0.29, 0.717) is 13.1 Å². The second-order valence-corrected chi connectivity index (χ2v) is 4.18. The Labute approximate surface area is 99.6 Å². The number of carboxylic acids is 1. The molecule has 17 heavy (non-hydrogen) atoms. The van der Waals surface area contributed by atoms with Crippen LogP contribution >= 0.6 is 0 Å². The molecule has 7 nitrogen and oxygen atoms in total. The molecule has 1 fully saturated rings. The summed E-state index contributed by atoms with van der Waals surface area (Å²) >= 11 is 0. The summed E-state index contributed by atoms with van der Waals surface area (Å²) < 4.78 is 0. The number of carboxylic acid groups (broad SMARTS) is 1.